The van der Waals surface area contributed by atoms with E-state index in [0.717, 1.165) is 31.7 Å². The summed E-state index contributed by atoms with van der Waals surface area (Å²) in [4.78, 5) is 23.5. The van der Waals surface area contributed by atoms with Crippen LogP contribution < -0.4 is 10.5 Å². The van der Waals surface area contributed by atoms with Gasteiger partial charge in [-0.25, -0.2) is 4.98 Å². The van der Waals surface area contributed by atoms with Gasteiger partial charge in [0.25, 0.3) is 5.56 Å². The molecule has 1 fully saturated rings. The SMILES string of the molecule is N#Cc1c(N2CCCCC2)[nH]c2c(=O)[nH]cnc12. The molecular formula is C12H13N5O. The number of piperidine rings is 1. The van der Waals surface area contributed by atoms with Crippen molar-refractivity contribution in [1.29, 1.82) is 5.26 Å². The van der Waals surface area contributed by atoms with Crippen molar-refractivity contribution >= 4 is 16.9 Å². The van der Waals surface area contributed by atoms with Crippen molar-refractivity contribution in [2.24, 2.45) is 0 Å². The van der Waals surface area contributed by atoms with Gasteiger partial charge in [0.05, 0.1) is 6.33 Å². The standard InChI is InChI=1S/C12H13N5O/c13-6-8-9-10(12(18)15-7-14-9)16-11(8)17-4-2-1-3-5-17/h7,16H,1-5H2,(H,14,15,18). The van der Waals surface area contributed by atoms with Gasteiger partial charge in [0, 0.05) is 13.1 Å². The first kappa shape index (κ1) is 10.8. The number of H-pyrrole nitrogens is 2. The van der Waals surface area contributed by atoms with Crippen LogP contribution in [0.2, 0.25) is 0 Å². The van der Waals surface area contributed by atoms with Gasteiger partial charge < -0.3 is 14.9 Å². The molecule has 1 aliphatic heterocycles. The van der Waals surface area contributed by atoms with Gasteiger partial charge in [-0.2, -0.15) is 5.26 Å². The third-order valence-electron chi connectivity index (χ3n) is 3.35. The number of aromatic nitrogens is 3. The lowest BCUT2D eigenvalue weighted by Gasteiger charge is -2.27. The first-order chi connectivity index (χ1) is 8.81. The fraction of sp³-hybridized carbons (Fsp3) is 0.417. The topological polar surface area (TPSA) is 88.6 Å². The summed E-state index contributed by atoms with van der Waals surface area (Å²) in [5.74, 6) is 0.733. The van der Waals surface area contributed by atoms with Gasteiger partial charge in [-0.1, -0.05) is 0 Å². The number of fused-ring (bicyclic) bond motifs is 1. The Morgan fingerprint density at radius 3 is 2.83 bits per heavy atom. The van der Waals surface area contributed by atoms with Crippen molar-refractivity contribution in [2.75, 3.05) is 18.0 Å². The van der Waals surface area contributed by atoms with Crippen LogP contribution in [0.5, 0.6) is 0 Å². The summed E-state index contributed by atoms with van der Waals surface area (Å²) in [6.45, 7) is 1.83. The van der Waals surface area contributed by atoms with Gasteiger partial charge in [-0.3, -0.25) is 4.79 Å². The molecule has 3 heterocycles. The third-order valence-corrected chi connectivity index (χ3v) is 3.35. The molecule has 1 saturated heterocycles. The maximum atomic E-state index is 11.7. The van der Waals surface area contributed by atoms with Crippen LogP contribution in [0.4, 0.5) is 5.82 Å². The molecule has 0 unspecified atom stereocenters. The molecule has 2 aromatic rings. The normalized spacial score (nSPS) is 15.8. The van der Waals surface area contributed by atoms with Crippen LogP contribution in [0.3, 0.4) is 0 Å². The Morgan fingerprint density at radius 2 is 2.11 bits per heavy atom. The number of anilines is 1. The molecule has 0 aromatic carbocycles. The molecular weight excluding hydrogens is 230 g/mol. The number of hydrogen-bond donors (Lipinski definition) is 2. The van der Waals surface area contributed by atoms with Crippen molar-refractivity contribution in [2.45, 2.75) is 19.3 Å². The molecule has 0 saturated carbocycles. The molecule has 2 N–H and O–H groups in total. The largest absolute Gasteiger partial charge is 0.357 e. The molecule has 2 aromatic heterocycles. The summed E-state index contributed by atoms with van der Waals surface area (Å²) in [5.41, 5.74) is 1.08. The Kier molecular flexibility index (Phi) is 2.52. The lowest BCUT2D eigenvalue weighted by atomic mass is 10.1. The fourth-order valence-electron chi connectivity index (χ4n) is 2.46. The number of nitrogens with zero attached hydrogens (tertiary/aromatic N) is 3. The minimum Gasteiger partial charge on any atom is -0.357 e. The molecule has 92 valence electrons. The van der Waals surface area contributed by atoms with Gasteiger partial charge in [0.15, 0.2) is 0 Å². The Hall–Kier alpha value is -2.29. The van der Waals surface area contributed by atoms with E-state index in [1.54, 1.807) is 0 Å². The lowest BCUT2D eigenvalue weighted by Crippen LogP contribution is -2.30. The Morgan fingerprint density at radius 1 is 1.33 bits per heavy atom. The minimum atomic E-state index is -0.236. The van der Waals surface area contributed by atoms with E-state index < -0.39 is 0 Å². The summed E-state index contributed by atoms with van der Waals surface area (Å²) in [7, 11) is 0. The van der Waals surface area contributed by atoms with E-state index in [4.69, 9.17) is 0 Å². The Bertz CT molecular complexity index is 672. The molecule has 3 rings (SSSR count). The quantitative estimate of drug-likeness (QED) is 0.785. The summed E-state index contributed by atoms with van der Waals surface area (Å²) in [6, 6.07) is 2.15. The molecule has 18 heavy (non-hydrogen) atoms. The van der Waals surface area contributed by atoms with E-state index in [-0.39, 0.29) is 5.56 Å². The molecule has 0 atom stereocenters. The molecule has 0 spiro atoms. The first-order valence-corrected chi connectivity index (χ1v) is 6.05. The average molecular weight is 243 g/mol. The van der Waals surface area contributed by atoms with Crippen molar-refractivity contribution in [3.8, 4) is 6.07 Å². The van der Waals surface area contributed by atoms with Crippen LogP contribution in [0, 0.1) is 11.3 Å². The fourth-order valence-corrected chi connectivity index (χ4v) is 2.46. The van der Waals surface area contributed by atoms with Crippen molar-refractivity contribution < 1.29 is 0 Å². The zero-order chi connectivity index (χ0) is 12.5. The van der Waals surface area contributed by atoms with Crippen LogP contribution in [0.15, 0.2) is 11.1 Å². The second kappa shape index (κ2) is 4.18. The third kappa shape index (κ3) is 1.56. The molecule has 0 radical (unpaired) electrons. The minimum absolute atomic E-state index is 0.236. The summed E-state index contributed by atoms with van der Waals surface area (Å²) in [6.07, 6.45) is 4.78. The number of hydrogen-bond acceptors (Lipinski definition) is 4. The molecule has 1 aliphatic rings. The molecule has 6 nitrogen and oxygen atoms in total. The van der Waals surface area contributed by atoms with Crippen LogP contribution >= 0.6 is 0 Å². The Labute approximate surface area is 103 Å². The van der Waals surface area contributed by atoms with Crippen LogP contribution in [-0.2, 0) is 0 Å². The summed E-state index contributed by atoms with van der Waals surface area (Å²) < 4.78 is 0. The summed E-state index contributed by atoms with van der Waals surface area (Å²) >= 11 is 0. The highest BCUT2D eigenvalue weighted by molar-refractivity contribution is 5.87. The van der Waals surface area contributed by atoms with Gasteiger partial charge in [0.2, 0.25) is 0 Å². The smallest absolute Gasteiger partial charge is 0.275 e. The summed E-state index contributed by atoms with van der Waals surface area (Å²) in [5, 5.41) is 9.28. The van der Waals surface area contributed by atoms with Crippen molar-refractivity contribution in [3.63, 3.8) is 0 Å². The predicted molar refractivity (Wildman–Crippen MR) is 67.5 cm³/mol. The van der Waals surface area contributed by atoms with Crippen molar-refractivity contribution in [1.82, 2.24) is 15.0 Å². The van der Waals surface area contributed by atoms with Gasteiger partial charge >= 0.3 is 0 Å². The second-order valence-electron chi connectivity index (χ2n) is 4.46. The monoisotopic (exact) mass is 243 g/mol. The van der Waals surface area contributed by atoms with Gasteiger partial charge in [0.1, 0.15) is 28.5 Å². The average Bonchev–Trinajstić information content (AvgIpc) is 2.80. The van der Waals surface area contributed by atoms with E-state index in [9.17, 15) is 10.1 Å². The number of rotatable bonds is 1. The van der Waals surface area contributed by atoms with Gasteiger partial charge in [-0.15, -0.1) is 0 Å². The maximum Gasteiger partial charge on any atom is 0.275 e. The molecule has 0 amide bonds. The van der Waals surface area contributed by atoms with Crippen LogP contribution in [0.25, 0.3) is 11.0 Å². The maximum absolute atomic E-state index is 11.7. The molecule has 6 heteroatoms. The van der Waals surface area contributed by atoms with Crippen LogP contribution in [-0.4, -0.2) is 28.0 Å². The molecule has 0 bridgehead atoms. The van der Waals surface area contributed by atoms with Crippen LogP contribution in [0.1, 0.15) is 24.8 Å². The highest BCUT2D eigenvalue weighted by atomic mass is 16.1. The van der Waals surface area contributed by atoms with E-state index in [1.165, 1.54) is 12.7 Å². The Balaban J connectivity index is 2.20. The highest BCUT2D eigenvalue weighted by Gasteiger charge is 2.20. The van der Waals surface area contributed by atoms with Gasteiger partial charge in [-0.05, 0) is 19.3 Å². The zero-order valence-corrected chi connectivity index (χ0v) is 9.86. The number of nitriles is 1. The molecule has 0 aliphatic carbocycles. The van der Waals surface area contributed by atoms with E-state index in [2.05, 4.69) is 25.9 Å². The predicted octanol–water partition coefficient (Wildman–Crippen LogP) is 1.11. The second-order valence-corrected chi connectivity index (χ2v) is 4.46. The zero-order valence-electron chi connectivity index (χ0n) is 9.86. The van der Waals surface area contributed by atoms with E-state index in [0.29, 0.717) is 16.6 Å². The highest BCUT2D eigenvalue weighted by Crippen LogP contribution is 2.27. The number of aromatic amines is 2. The van der Waals surface area contributed by atoms with E-state index >= 15 is 0 Å². The number of nitrogens with one attached hydrogen (secondary N) is 2. The first-order valence-electron chi connectivity index (χ1n) is 6.05. The van der Waals surface area contributed by atoms with E-state index in [1.807, 2.05) is 0 Å². The lowest BCUT2D eigenvalue weighted by molar-refractivity contribution is 0.574. The van der Waals surface area contributed by atoms with Crippen molar-refractivity contribution in [3.05, 3.63) is 22.2 Å².